The van der Waals surface area contributed by atoms with E-state index in [2.05, 4.69) is 46.3 Å². The Morgan fingerprint density at radius 1 is 0.691 bits per heavy atom. The maximum Gasteiger partial charge on any atom is 0.337 e. The number of rotatable bonds is 12. The number of amidine groups is 1. The molecule has 1 heterocycles. The van der Waals surface area contributed by atoms with E-state index in [1.807, 2.05) is 0 Å². The Bertz CT molecular complexity index is 2690. The van der Waals surface area contributed by atoms with Crippen molar-refractivity contribution in [1.82, 2.24) is 15.0 Å². The van der Waals surface area contributed by atoms with Crippen molar-refractivity contribution in [3.63, 3.8) is 0 Å². The van der Waals surface area contributed by atoms with Crippen LogP contribution in [0.5, 0.6) is 5.75 Å². The molecule has 1 radical (unpaired) electrons. The molecule has 291 valence electrons. The number of anilines is 5. The summed E-state index contributed by atoms with van der Waals surface area (Å²) in [7, 11) is -14.4. The largest absolute Gasteiger partial charge is 0.504 e. The minimum Gasteiger partial charge on any atom is -0.504 e. The van der Waals surface area contributed by atoms with Gasteiger partial charge in [-0.15, -0.1) is 10.2 Å². The molecule has 0 spiro atoms. The van der Waals surface area contributed by atoms with Crippen LogP contribution < -0.4 is 16.1 Å². The average Bonchev–Trinajstić information content (AvgIpc) is 3.08. The van der Waals surface area contributed by atoms with Crippen LogP contribution in [0.2, 0.25) is 0 Å². The van der Waals surface area contributed by atoms with Gasteiger partial charge in [-0.1, -0.05) is 36.4 Å². The average molecular weight is 867 g/mol. The molecule has 5 aromatic rings. The van der Waals surface area contributed by atoms with Crippen molar-refractivity contribution in [1.29, 1.82) is 0 Å². The molecule has 0 saturated heterocycles. The number of nitrogens with zero attached hydrogens (tertiary/aromatic N) is 6. The molecular formula is C29H22CuFN9O12S3. The predicted octanol–water partition coefficient (Wildman–Crippen LogP) is 4.20. The molecule has 5 rings (SSSR count). The molecule has 0 fully saturated rings. The number of aromatic hydroxyl groups is 1. The van der Waals surface area contributed by atoms with E-state index in [9.17, 15) is 58.3 Å². The Kier molecular flexibility index (Phi) is 12.6. The zero-order chi connectivity index (χ0) is 39.4. The number of aromatic carboxylic acids is 1. The summed E-state index contributed by atoms with van der Waals surface area (Å²) in [5.74, 6) is -3.86. The number of carboxylic acid groups (broad SMARTS) is 1. The van der Waals surface area contributed by atoms with Gasteiger partial charge in [0.2, 0.25) is 17.7 Å². The topological polar surface area (TPSA) is 332 Å². The van der Waals surface area contributed by atoms with Crippen molar-refractivity contribution in [2.45, 2.75) is 14.7 Å². The van der Waals surface area contributed by atoms with Crippen molar-refractivity contribution >= 4 is 76.8 Å². The molecule has 0 aliphatic carbocycles. The second kappa shape index (κ2) is 16.6. The fourth-order valence-electron chi connectivity index (χ4n) is 4.26. The van der Waals surface area contributed by atoms with Crippen molar-refractivity contribution < 1.29 is 75.4 Å². The number of azo groups is 1. The second-order valence-corrected chi connectivity index (χ2v) is 14.7. The van der Waals surface area contributed by atoms with E-state index >= 15 is 0 Å². The second-order valence-electron chi connectivity index (χ2n) is 10.4. The third kappa shape index (κ3) is 10.8. The first-order chi connectivity index (χ1) is 25.3. The molecule has 1 aromatic heterocycles. The van der Waals surface area contributed by atoms with Gasteiger partial charge in [-0.05, 0) is 48.5 Å². The van der Waals surface area contributed by atoms with Gasteiger partial charge < -0.3 is 20.8 Å². The quantitative estimate of drug-likeness (QED) is 0.0166. The number of hydrazone groups is 1. The van der Waals surface area contributed by atoms with Crippen molar-refractivity contribution in [2.24, 2.45) is 15.3 Å². The van der Waals surface area contributed by atoms with Crippen LogP contribution >= 0.6 is 0 Å². The molecule has 0 bridgehead atoms. The Balaban J connectivity index is 0.00000673. The maximum atomic E-state index is 14.5. The summed E-state index contributed by atoms with van der Waals surface area (Å²) in [4.78, 5) is 20.5. The maximum absolute atomic E-state index is 14.5. The molecule has 4 aromatic carbocycles. The zero-order valence-electron chi connectivity index (χ0n) is 26.8. The summed E-state index contributed by atoms with van der Waals surface area (Å²) in [5.41, 5.74) is 0.400. The first-order valence-electron chi connectivity index (χ1n) is 14.3. The number of hydrogen-bond donors (Lipinski definition) is 8. The zero-order valence-corrected chi connectivity index (χ0v) is 30.2. The Morgan fingerprint density at radius 2 is 1.29 bits per heavy atom. The fraction of sp³-hybridized carbons (Fsp3) is 0. The smallest absolute Gasteiger partial charge is 0.337 e. The van der Waals surface area contributed by atoms with Gasteiger partial charge in [0.1, 0.15) is 11.4 Å². The molecule has 0 amide bonds. The summed E-state index contributed by atoms with van der Waals surface area (Å²) >= 11 is 0. The number of phenolic OH excluding ortho intramolecular Hbond substituents is 1. The third-order valence-electron chi connectivity index (χ3n) is 6.69. The molecule has 0 aliphatic rings. The van der Waals surface area contributed by atoms with Crippen LogP contribution in [0.4, 0.5) is 39.0 Å². The molecule has 0 saturated carbocycles. The Hall–Kier alpha value is -5.99. The first kappa shape index (κ1) is 41.8. The number of benzene rings is 4. The summed E-state index contributed by atoms with van der Waals surface area (Å²) in [6, 6.07) is 16.2. The minimum atomic E-state index is -5.01. The Morgan fingerprint density at radius 3 is 1.91 bits per heavy atom. The third-order valence-corrected chi connectivity index (χ3v) is 9.22. The fourth-order valence-corrected chi connectivity index (χ4v) is 5.83. The van der Waals surface area contributed by atoms with Gasteiger partial charge in [0.05, 0.1) is 25.9 Å². The van der Waals surface area contributed by atoms with Gasteiger partial charge in [-0.3, -0.25) is 19.1 Å². The molecule has 0 unspecified atom stereocenters. The summed E-state index contributed by atoms with van der Waals surface area (Å²) < 4.78 is 114. The minimum absolute atomic E-state index is 0. The number of carbonyl (C=O) groups is 1. The van der Waals surface area contributed by atoms with Gasteiger partial charge in [-0.25, -0.2) is 4.79 Å². The van der Waals surface area contributed by atoms with Crippen molar-refractivity contribution in [2.75, 3.05) is 16.1 Å². The van der Waals surface area contributed by atoms with E-state index in [-0.39, 0.29) is 34.2 Å². The van der Waals surface area contributed by atoms with E-state index in [1.54, 1.807) is 18.2 Å². The summed E-state index contributed by atoms with van der Waals surface area (Å²) in [6.07, 6.45) is -1.40. The summed E-state index contributed by atoms with van der Waals surface area (Å²) in [5, 5.41) is 37.2. The van der Waals surface area contributed by atoms with Crippen LogP contribution in [0.1, 0.15) is 15.9 Å². The summed E-state index contributed by atoms with van der Waals surface area (Å²) in [6.45, 7) is 0. The van der Waals surface area contributed by atoms with Crippen molar-refractivity contribution in [3.05, 3.63) is 102 Å². The van der Waals surface area contributed by atoms with E-state index in [1.165, 1.54) is 24.3 Å². The van der Waals surface area contributed by atoms with Gasteiger partial charge in [0, 0.05) is 28.3 Å². The van der Waals surface area contributed by atoms with Gasteiger partial charge in [0.25, 0.3) is 30.4 Å². The van der Waals surface area contributed by atoms with Crippen LogP contribution in [0, 0.1) is 6.08 Å². The molecule has 0 atom stereocenters. The number of carboxylic acids is 1. The van der Waals surface area contributed by atoms with Gasteiger partial charge in [0.15, 0.2) is 5.75 Å². The molecular weight excluding hydrogens is 845 g/mol. The van der Waals surface area contributed by atoms with Gasteiger partial charge >= 0.3 is 12.0 Å². The van der Waals surface area contributed by atoms with Crippen molar-refractivity contribution in [3.8, 4) is 5.75 Å². The van der Waals surface area contributed by atoms with E-state index in [0.29, 0.717) is 0 Å². The number of hydrogen-bond acceptors (Lipinski definition) is 16. The van der Waals surface area contributed by atoms with Crippen LogP contribution in [0.25, 0.3) is 0 Å². The van der Waals surface area contributed by atoms with Crippen LogP contribution in [-0.2, 0) is 47.4 Å². The molecule has 21 nitrogen and oxygen atoms in total. The number of nitrogens with one attached hydrogen (secondary N) is 3. The van der Waals surface area contributed by atoms with E-state index < -0.39 is 97.4 Å². The predicted molar refractivity (Wildman–Crippen MR) is 185 cm³/mol. The monoisotopic (exact) mass is 866 g/mol. The van der Waals surface area contributed by atoms with E-state index in [4.69, 9.17) is 0 Å². The van der Waals surface area contributed by atoms with Crippen LogP contribution in [0.15, 0.2) is 115 Å². The first-order valence-corrected chi connectivity index (χ1v) is 18.6. The number of phenols is 1. The SMILES string of the molecule is O=C(O)c1ccc(S(=O)(=O)O)cc1N=N/C(=N/Nc1cc(S(=O)(=O)O)cc(Nc2nc(F)nc(Nc3cccc(S(=O)(=O)O)c3)n2)c1O)c1ccccc1.[Cu]. The van der Waals surface area contributed by atoms with Crippen LogP contribution in [-0.4, -0.2) is 75.9 Å². The normalized spacial score (nSPS) is 12.2. The number of aromatic nitrogens is 3. The standard InChI is InChI=1S/C29H22FN9O12S3.Cu/c30-27-33-28(31-16-7-4-8-17(11-16)52(43,44)45)35-29(34-27)32-22-13-19(54(49,50)51)14-23(24(22)40)37-39-25(15-5-2-1-3-6-15)38-36-21-12-18(53(46,47)48)9-10-20(21)26(41)42;/h1-14,37,40H,(H,41,42)(H,43,44,45)(H,46,47,48)(H,49,50,51)(H2,31,32,33,34,35);/b38-36?,39-25+;. The van der Waals surface area contributed by atoms with E-state index in [0.717, 1.165) is 42.5 Å². The Labute approximate surface area is 319 Å². The van der Waals surface area contributed by atoms with Crippen LogP contribution in [0.3, 0.4) is 0 Å². The molecule has 26 heteroatoms. The molecule has 55 heavy (non-hydrogen) atoms. The number of halogens is 1. The molecule has 0 aliphatic heterocycles. The molecule has 8 N–H and O–H groups in total. The van der Waals surface area contributed by atoms with Gasteiger partial charge in [-0.2, -0.15) is 49.7 Å².